The molecule has 1 aliphatic carbocycles. The van der Waals surface area contributed by atoms with Gasteiger partial charge in [-0.1, -0.05) is 35.4 Å². The predicted octanol–water partition coefficient (Wildman–Crippen LogP) is 3.34. The maximum absolute atomic E-state index is 2.31. The first-order chi connectivity index (χ1) is 5.75. The highest BCUT2D eigenvalue weighted by Crippen LogP contribution is 2.24. The van der Waals surface area contributed by atoms with E-state index in [-0.39, 0.29) is 0 Å². The Balaban J connectivity index is 2.53. The van der Waals surface area contributed by atoms with Gasteiger partial charge in [0.15, 0.2) is 0 Å². The Labute approximate surface area is 73.9 Å². The first-order valence-corrected chi connectivity index (χ1v) is 4.52. The van der Waals surface area contributed by atoms with Gasteiger partial charge in [0.05, 0.1) is 0 Å². The molecule has 0 heteroatoms. The van der Waals surface area contributed by atoms with Gasteiger partial charge in [-0.15, -0.1) is 0 Å². The summed E-state index contributed by atoms with van der Waals surface area (Å²) in [6.07, 6.45) is 4.76. The summed E-state index contributed by atoms with van der Waals surface area (Å²) in [5.41, 5.74) is 5.80. The molecule has 0 nitrogen and oxygen atoms in total. The number of allylic oxidation sites excluding steroid dienone is 1. The zero-order valence-electron chi connectivity index (χ0n) is 7.72. The van der Waals surface area contributed by atoms with Crippen LogP contribution >= 0.6 is 0 Å². The monoisotopic (exact) mass is 158 g/mol. The molecule has 0 fully saturated rings. The summed E-state index contributed by atoms with van der Waals surface area (Å²) in [4.78, 5) is 0. The van der Waals surface area contributed by atoms with Gasteiger partial charge in [0.2, 0.25) is 0 Å². The fraction of sp³-hybridized carbons (Fsp3) is 0.333. The molecule has 0 bridgehead atoms. The average molecular weight is 158 g/mol. The highest BCUT2D eigenvalue weighted by atomic mass is 14.1. The number of fused-ring (bicyclic) bond motifs is 1. The molecule has 2 rings (SSSR count). The Hall–Kier alpha value is -1.04. The summed E-state index contributed by atoms with van der Waals surface area (Å²) in [6.45, 7) is 4.36. The highest BCUT2D eigenvalue weighted by Gasteiger charge is 2.06. The van der Waals surface area contributed by atoms with E-state index in [0.717, 1.165) is 0 Å². The standard InChI is InChI=1S/C12H14/c1-9-3-5-11-6-4-10(2)8-12(11)7-9/h3,5,7-8H,4,6H2,1-2H3. The first-order valence-electron chi connectivity index (χ1n) is 4.52. The smallest absolute Gasteiger partial charge is 0.0222 e. The van der Waals surface area contributed by atoms with Crippen LogP contribution < -0.4 is 0 Å². The third-order valence-corrected chi connectivity index (χ3v) is 2.49. The van der Waals surface area contributed by atoms with E-state index in [4.69, 9.17) is 0 Å². The molecule has 0 amide bonds. The van der Waals surface area contributed by atoms with Crippen LogP contribution in [0, 0.1) is 6.92 Å². The highest BCUT2D eigenvalue weighted by molar-refractivity contribution is 5.59. The summed E-state index contributed by atoms with van der Waals surface area (Å²) >= 11 is 0. The minimum atomic E-state index is 1.22. The van der Waals surface area contributed by atoms with Crippen molar-refractivity contribution in [2.75, 3.05) is 0 Å². The van der Waals surface area contributed by atoms with E-state index in [2.05, 4.69) is 38.1 Å². The zero-order chi connectivity index (χ0) is 8.55. The minimum absolute atomic E-state index is 1.22. The van der Waals surface area contributed by atoms with Crippen LogP contribution in [0.5, 0.6) is 0 Å². The molecular formula is C12H14. The van der Waals surface area contributed by atoms with Crippen molar-refractivity contribution in [1.29, 1.82) is 0 Å². The quantitative estimate of drug-likeness (QED) is 0.543. The lowest BCUT2D eigenvalue weighted by Gasteiger charge is -2.13. The van der Waals surface area contributed by atoms with Crippen LogP contribution in [0.15, 0.2) is 23.8 Å². The average Bonchev–Trinajstić information content (AvgIpc) is 2.03. The molecule has 0 heterocycles. The molecule has 0 saturated carbocycles. The fourth-order valence-corrected chi connectivity index (χ4v) is 1.75. The summed E-state index contributed by atoms with van der Waals surface area (Å²) in [5, 5.41) is 0. The van der Waals surface area contributed by atoms with Gasteiger partial charge in [0, 0.05) is 0 Å². The normalized spacial score (nSPS) is 15.3. The van der Waals surface area contributed by atoms with E-state index in [1.807, 2.05) is 0 Å². The predicted molar refractivity (Wildman–Crippen MR) is 53.2 cm³/mol. The van der Waals surface area contributed by atoms with Crippen LogP contribution in [0.3, 0.4) is 0 Å². The molecule has 0 aromatic heterocycles. The maximum Gasteiger partial charge on any atom is -0.0222 e. The molecule has 0 radical (unpaired) electrons. The number of benzene rings is 1. The lowest BCUT2D eigenvalue weighted by molar-refractivity contribution is 0.926. The van der Waals surface area contributed by atoms with Crippen LogP contribution in [-0.4, -0.2) is 0 Å². The molecule has 0 atom stereocenters. The van der Waals surface area contributed by atoms with Crippen LogP contribution in [0.4, 0.5) is 0 Å². The summed E-state index contributed by atoms with van der Waals surface area (Å²) in [5.74, 6) is 0. The van der Waals surface area contributed by atoms with Gasteiger partial charge in [0.25, 0.3) is 0 Å². The van der Waals surface area contributed by atoms with Gasteiger partial charge in [0.1, 0.15) is 0 Å². The molecule has 0 spiro atoms. The number of aryl methyl sites for hydroxylation is 2. The van der Waals surface area contributed by atoms with Crippen molar-refractivity contribution in [1.82, 2.24) is 0 Å². The zero-order valence-corrected chi connectivity index (χ0v) is 7.72. The van der Waals surface area contributed by atoms with Crippen LogP contribution in [-0.2, 0) is 6.42 Å². The molecule has 0 aliphatic heterocycles. The second-order valence-electron chi connectivity index (χ2n) is 3.69. The van der Waals surface area contributed by atoms with Crippen LogP contribution in [0.25, 0.3) is 6.08 Å². The van der Waals surface area contributed by atoms with Gasteiger partial charge in [-0.05, 0) is 37.8 Å². The lowest BCUT2D eigenvalue weighted by atomic mass is 9.92. The Bertz CT molecular complexity index is 332. The number of hydrogen-bond acceptors (Lipinski definition) is 0. The Kier molecular flexibility index (Phi) is 1.76. The minimum Gasteiger partial charge on any atom is -0.0724 e. The number of hydrogen-bond donors (Lipinski definition) is 0. The second kappa shape index (κ2) is 2.78. The third-order valence-electron chi connectivity index (χ3n) is 2.49. The maximum atomic E-state index is 2.31. The van der Waals surface area contributed by atoms with Crippen LogP contribution in [0.1, 0.15) is 30.0 Å². The van der Waals surface area contributed by atoms with Gasteiger partial charge < -0.3 is 0 Å². The van der Waals surface area contributed by atoms with Gasteiger partial charge in [-0.3, -0.25) is 0 Å². The molecule has 0 unspecified atom stereocenters. The van der Waals surface area contributed by atoms with Crippen molar-refractivity contribution in [2.45, 2.75) is 26.7 Å². The Morgan fingerprint density at radius 3 is 2.75 bits per heavy atom. The Morgan fingerprint density at radius 2 is 1.92 bits per heavy atom. The van der Waals surface area contributed by atoms with Crippen molar-refractivity contribution in [3.63, 3.8) is 0 Å². The van der Waals surface area contributed by atoms with Gasteiger partial charge >= 0.3 is 0 Å². The van der Waals surface area contributed by atoms with Crippen LogP contribution in [0.2, 0.25) is 0 Å². The second-order valence-corrected chi connectivity index (χ2v) is 3.69. The topological polar surface area (TPSA) is 0 Å². The lowest BCUT2D eigenvalue weighted by Crippen LogP contribution is -1.97. The van der Waals surface area contributed by atoms with Gasteiger partial charge in [-0.25, -0.2) is 0 Å². The number of rotatable bonds is 0. The molecule has 1 aromatic rings. The van der Waals surface area contributed by atoms with E-state index in [0.29, 0.717) is 0 Å². The van der Waals surface area contributed by atoms with Crippen molar-refractivity contribution < 1.29 is 0 Å². The van der Waals surface area contributed by atoms with Crippen molar-refractivity contribution in [3.05, 3.63) is 40.5 Å². The Morgan fingerprint density at radius 1 is 1.08 bits per heavy atom. The molecule has 0 saturated heterocycles. The van der Waals surface area contributed by atoms with E-state index >= 15 is 0 Å². The largest absolute Gasteiger partial charge is 0.0724 e. The van der Waals surface area contributed by atoms with E-state index in [1.54, 1.807) is 0 Å². The molecular weight excluding hydrogens is 144 g/mol. The molecule has 0 N–H and O–H groups in total. The molecule has 12 heavy (non-hydrogen) atoms. The summed E-state index contributed by atoms with van der Waals surface area (Å²) in [7, 11) is 0. The first kappa shape index (κ1) is 7.60. The van der Waals surface area contributed by atoms with Gasteiger partial charge in [-0.2, -0.15) is 0 Å². The fourth-order valence-electron chi connectivity index (χ4n) is 1.75. The molecule has 1 aromatic carbocycles. The van der Waals surface area contributed by atoms with E-state index < -0.39 is 0 Å². The van der Waals surface area contributed by atoms with E-state index in [9.17, 15) is 0 Å². The SMILES string of the molecule is CC1=Cc2cc(C)ccc2CC1. The summed E-state index contributed by atoms with van der Waals surface area (Å²) < 4.78 is 0. The third kappa shape index (κ3) is 1.29. The van der Waals surface area contributed by atoms with Crippen molar-refractivity contribution in [2.24, 2.45) is 0 Å². The van der Waals surface area contributed by atoms with E-state index in [1.165, 1.54) is 35.1 Å². The summed E-state index contributed by atoms with van der Waals surface area (Å²) in [6, 6.07) is 6.74. The van der Waals surface area contributed by atoms with Crippen molar-refractivity contribution >= 4 is 6.08 Å². The molecule has 1 aliphatic rings. The molecule has 62 valence electrons. The van der Waals surface area contributed by atoms with Crippen molar-refractivity contribution in [3.8, 4) is 0 Å².